The first-order chi connectivity index (χ1) is 6.82. The fourth-order valence-corrected chi connectivity index (χ4v) is 1.40. The van der Waals surface area contributed by atoms with E-state index in [-0.39, 0.29) is 11.5 Å². The van der Waals surface area contributed by atoms with Crippen LogP contribution >= 0.6 is 12.2 Å². The molecule has 0 amide bonds. The van der Waals surface area contributed by atoms with E-state index < -0.39 is 0 Å². The van der Waals surface area contributed by atoms with Crippen molar-refractivity contribution in [3.8, 4) is 0 Å². The molecular formula is C12H24O2S. The Bertz CT molecular complexity index is 192. The van der Waals surface area contributed by atoms with Gasteiger partial charge in [-0.05, 0) is 18.6 Å². The van der Waals surface area contributed by atoms with E-state index in [4.69, 9.17) is 21.7 Å². The smallest absolute Gasteiger partial charge is 0.165 e. The third kappa shape index (κ3) is 5.47. The van der Waals surface area contributed by atoms with Crippen LogP contribution in [0.2, 0.25) is 0 Å². The molecule has 90 valence electrons. The number of hydrogen-bond donors (Lipinski definition) is 0. The maximum atomic E-state index is 5.60. The number of rotatable bonds is 5. The van der Waals surface area contributed by atoms with Gasteiger partial charge in [0, 0.05) is 18.4 Å². The summed E-state index contributed by atoms with van der Waals surface area (Å²) in [7, 11) is 1.74. The summed E-state index contributed by atoms with van der Waals surface area (Å²) >= 11 is 5.21. The molecule has 0 fully saturated rings. The Morgan fingerprint density at radius 2 is 1.87 bits per heavy atom. The van der Waals surface area contributed by atoms with Gasteiger partial charge in [0.1, 0.15) is 0 Å². The summed E-state index contributed by atoms with van der Waals surface area (Å²) in [6.07, 6.45) is 1.26. The highest BCUT2D eigenvalue weighted by molar-refractivity contribution is 7.80. The monoisotopic (exact) mass is 232 g/mol. The summed E-state index contributed by atoms with van der Waals surface area (Å²) < 4.78 is 11.0. The van der Waals surface area contributed by atoms with Gasteiger partial charge in [-0.15, -0.1) is 0 Å². The number of methoxy groups -OCH3 is 1. The molecule has 0 aromatic heterocycles. The van der Waals surface area contributed by atoms with Crippen molar-refractivity contribution in [2.24, 2.45) is 11.3 Å². The second kappa shape index (κ2) is 6.44. The first-order valence-corrected chi connectivity index (χ1v) is 5.93. The number of ether oxygens (including phenoxy) is 2. The molecule has 0 aliphatic carbocycles. The molecule has 0 radical (unpaired) electrons. The Balaban J connectivity index is 4.00. The van der Waals surface area contributed by atoms with Gasteiger partial charge in [0.25, 0.3) is 0 Å². The molecule has 0 saturated carbocycles. The van der Waals surface area contributed by atoms with Gasteiger partial charge in [-0.3, -0.25) is 0 Å². The van der Waals surface area contributed by atoms with Crippen LogP contribution in [0.5, 0.6) is 0 Å². The normalized spacial score (nSPS) is 15.9. The molecular weight excluding hydrogens is 208 g/mol. The van der Waals surface area contributed by atoms with Gasteiger partial charge in [-0.25, -0.2) is 0 Å². The van der Waals surface area contributed by atoms with Crippen molar-refractivity contribution in [3.05, 3.63) is 0 Å². The molecule has 3 heteroatoms. The van der Waals surface area contributed by atoms with Crippen LogP contribution < -0.4 is 0 Å². The summed E-state index contributed by atoms with van der Waals surface area (Å²) in [6.45, 7) is 11.1. The molecule has 0 aliphatic rings. The topological polar surface area (TPSA) is 18.5 Å². The Morgan fingerprint density at radius 3 is 2.20 bits per heavy atom. The van der Waals surface area contributed by atoms with Crippen molar-refractivity contribution in [1.29, 1.82) is 0 Å². The zero-order chi connectivity index (χ0) is 12.1. The van der Waals surface area contributed by atoms with Crippen LogP contribution in [0.25, 0.3) is 0 Å². The fourth-order valence-electron chi connectivity index (χ4n) is 1.33. The molecule has 0 bridgehead atoms. The van der Waals surface area contributed by atoms with Crippen LogP contribution in [0.1, 0.15) is 41.0 Å². The van der Waals surface area contributed by atoms with E-state index in [9.17, 15) is 0 Å². The quantitative estimate of drug-likeness (QED) is 0.677. The van der Waals surface area contributed by atoms with Crippen LogP contribution in [0.3, 0.4) is 0 Å². The van der Waals surface area contributed by atoms with Gasteiger partial charge >= 0.3 is 0 Å². The molecule has 0 N–H and O–H groups in total. The molecule has 2 unspecified atom stereocenters. The zero-order valence-corrected chi connectivity index (χ0v) is 11.6. The zero-order valence-electron chi connectivity index (χ0n) is 10.8. The highest BCUT2D eigenvalue weighted by Crippen LogP contribution is 2.19. The third-order valence-electron chi connectivity index (χ3n) is 2.43. The van der Waals surface area contributed by atoms with Crippen LogP contribution in [0.4, 0.5) is 0 Å². The van der Waals surface area contributed by atoms with E-state index in [1.807, 2.05) is 0 Å². The Hall–Kier alpha value is -0.150. The summed E-state index contributed by atoms with van der Waals surface area (Å²) in [6, 6.07) is 0. The SMILES string of the molecule is CCC(OC)C(C)COC(=S)C(C)(C)C. The van der Waals surface area contributed by atoms with Gasteiger partial charge < -0.3 is 9.47 Å². The van der Waals surface area contributed by atoms with Gasteiger partial charge in [-0.2, -0.15) is 0 Å². The molecule has 15 heavy (non-hydrogen) atoms. The largest absolute Gasteiger partial charge is 0.486 e. The fraction of sp³-hybridized carbons (Fsp3) is 0.917. The predicted molar refractivity (Wildman–Crippen MR) is 68.3 cm³/mol. The lowest BCUT2D eigenvalue weighted by Gasteiger charge is -2.25. The first kappa shape index (κ1) is 14.8. The summed E-state index contributed by atoms with van der Waals surface area (Å²) in [4.78, 5) is 0. The molecule has 0 heterocycles. The van der Waals surface area contributed by atoms with Crippen LogP contribution in [0.15, 0.2) is 0 Å². The van der Waals surface area contributed by atoms with Crippen LogP contribution in [-0.2, 0) is 9.47 Å². The van der Waals surface area contributed by atoms with E-state index >= 15 is 0 Å². The second-order valence-corrected chi connectivity index (χ2v) is 5.38. The molecule has 0 rings (SSSR count). The first-order valence-electron chi connectivity index (χ1n) is 5.53. The van der Waals surface area contributed by atoms with Crippen molar-refractivity contribution >= 4 is 17.3 Å². The van der Waals surface area contributed by atoms with Gasteiger partial charge in [0.2, 0.25) is 0 Å². The minimum Gasteiger partial charge on any atom is -0.486 e. The maximum absolute atomic E-state index is 5.60. The molecule has 2 atom stereocenters. The minimum atomic E-state index is -0.0517. The molecule has 0 saturated heterocycles. The van der Waals surface area contributed by atoms with Gasteiger partial charge in [-0.1, -0.05) is 34.6 Å². The highest BCUT2D eigenvalue weighted by atomic mass is 32.1. The number of hydrogen-bond acceptors (Lipinski definition) is 3. The van der Waals surface area contributed by atoms with Crippen molar-refractivity contribution in [2.75, 3.05) is 13.7 Å². The predicted octanol–water partition coefficient (Wildman–Crippen LogP) is 3.44. The van der Waals surface area contributed by atoms with Crippen molar-refractivity contribution in [3.63, 3.8) is 0 Å². The van der Waals surface area contributed by atoms with Gasteiger partial charge in [0.15, 0.2) is 5.05 Å². The molecule has 0 aromatic carbocycles. The molecule has 0 aliphatic heterocycles. The number of thiocarbonyl (C=S) groups is 1. The van der Waals surface area contributed by atoms with E-state index in [1.165, 1.54) is 0 Å². The van der Waals surface area contributed by atoms with Crippen molar-refractivity contribution in [2.45, 2.75) is 47.1 Å². The standard InChI is InChI=1S/C12H24O2S/c1-7-10(13-6)9(2)8-14-11(15)12(3,4)5/h9-10H,7-8H2,1-6H3. The van der Waals surface area contributed by atoms with Crippen LogP contribution in [-0.4, -0.2) is 24.9 Å². The van der Waals surface area contributed by atoms with E-state index in [2.05, 4.69) is 34.6 Å². The Labute approximate surface area is 99.3 Å². The lowest BCUT2D eigenvalue weighted by atomic mass is 9.98. The van der Waals surface area contributed by atoms with E-state index in [0.29, 0.717) is 17.6 Å². The van der Waals surface area contributed by atoms with Crippen molar-refractivity contribution < 1.29 is 9.47 Å². The van der Waals surface area contributed by atoms with Crippen molar-refractivity contribution in [1.82, 2.24) is 0 Å². The average molecular weight is 232 g/mol. The molecule has 0 spiro atoms. The highest BCUT2D eigenvalue weighted by Gasteiger charge is 2.21. The maximum Gasteiger partial charge on any atom is 0.165 e. The van der Waals surface area contributed by atoms with E-state index in [0.717, 1.165) is 6.42 Å². The second-order valence-electron chi connectivity index (χ2n) is 5.01. The Morgan fingerprint density at radius 1 is 1.33 bits per heavy atom. The summed E-state index contributed by atoms with van der Waals surface area (Å²) in [5, 5.41) is 0.681. The third-order valence-corrected chi connectivity index (χ3v) is 3.16. The van der Waals surface area contributed by atoms with Crippen LogP contribution in [0, 0.1) is 11.3 Å². The minimum absolute atomic E-state index is 0.0517. The van der Waals surface area contributed by atoms with E-state index in [1.54, 1.807) is 7.11 Å². The van der Waals surface area contributed by atoms with Gasteiger partial charge in [0.05, 0.1) is 12.7 Å². The lowest BCUT2D eigenvalue weighted by molar-refractivity contribution is 0.0328. The summed E-state index contributed by atoms with van der Waals surface area (Å²) in [5.41, 5.74) is -0.0517. The average Bonchev–Trinajstić information content (AvgIpc) is 2.14. The molecule has 2 nitrogen and oxygen atoms in total. The lowest BCUT2D eigenvalue weighted by Crippen LogP contribution is -2.28. The summed E-state index contributed by atoms with van der Waals surface area (Å²) in [5.74, 6) is 0.375. The molecule has 0 aromatic rings. The Kier molecular flexibility index (Phi) is 6.37.